The second-order valence-electron chi connectivity index (χ2n) is 10.1. The molecule has 0 spiro atoms. The summed E-state index contributed by atoms with van der Waals surface area (Å²) in [5.74, 6) is 0.0152. The maximum atomic E-state index is 13.6. The van der Waals surface area contributed by atoms with Gasteiger partial charge in [-0.2, -0.15) is 0 Å². The van der Waals surface area contributed by atoms with Crippen molar-refractivity contribution >= 4 is 77.9 Å². The summed E-state index contributed by atoms with van der Waals surface area (Å²) in [5, 5.41) is 8.41. The molecule has 2 nitrogen and oxygen atoms in total. The average Bonchev–Trinajstić information content (AvgIpc) is 2.96. The van der Waals surface area contributed by atoms with Gasteiger partial charge >= 0.3 is 0 Å². The molecule has 38 heavy (non-hydrogen) atoms. The van der Waals surface area contributed by atoms with Crippen LogP contribution in [-0.4, -0.2) is 11.6 Å². The third kappa shape index (κ3) is 2.20. The summed E-state index contributed by atoms with van der Waals surface area (Å²) >= 11 is 14.2. The SMILES string of the molecule is O=C1c2ccccc2-c2ccc3c4c(Cl)c(Cl)c5c6c(ccc(c7ccc1c2c73)c64)C(=O)c1ccccc1-5. The fourth-order valence-corrected chi connectivity index (χ4v) is 7.51. The summed E-state index contributed by atoms with van der Waals surface area (Å²) in [4.78, 5) is 27.2. The summed E-state index contributed by atoms with van der Waals surface area (Å²) in [7, 11) is 0. The lowest BCUT2D eigenvalue weighted by Crippen LogP contribution is -2.12. The molecule has 0 atom stereocenters. The average molecular weight is 525 g/mol. The van der Waals surface area contributed by atoms with Crippen LogP contribution in [-0.2, 0) is 0 Å². The van der Waals surface area contributed by atoms with Crippen molar-refractivity contribution in [3.63, 3.8) is 0 Å². The van der Waals surface area contributed by atoms with Crippen molar-refractivity contribution in [2.75, 3.05) is 0 Å². The zero-order valence-electron chi connectivity index (χ0n) is 19.7. The Hall–Kier alpha value is -4.24. The van der Waals surface area contributed by atoms with E-state index in [0.29, 0.717) is 26.7 Å². The summed E-state index contributed by atoms with van der Waals surface area (Å²) < 4.78 is 0. The van der Waals surface area contributed by atoms with Gasteiger partial charge in [-0.05, 0) is 50.4 Å². The van der Waals surface area contributed by atoms with Crippen molar-refractivity contribution in [1.29, 1.82) is 0 Å². The van der Waals surface area contributed by atoms with Gasteiger partial charge in [-0.15, -0.1) is 0 Å². The molecule has 0 fully saturated rings. The Morgan fingerprint density at radius 1 is 0.368 bits per heavy atom. The number of rotatable bonds is 0. The number of fused-ring (bicyclic) bond motifs is 6. The van der Waals surface area contributed by atoms with Crippen LogP contribution in [0.25, 0.3) is 65.3 Å². The first-order valence-corrected chi connectivity index (χ1v) is 13.2. The third-order valence-corrected chi connectivity index (χ3v) is 9.30. The van der Waals surface area contributed by atoms with Crippen LogP contribution in [0.3, 0.4) is 0 Å². The first-order valence-electron chi connectivity index (χ1n) is 12.4. The number of carbonyl (C=O) groups excluding carboxylic acids is 2. The summed E-state index contributed by atoms with van der Waals surface area (Å²) in [6, 6.07) is 27.4. The monoisotopic (exact) mass is 524 g/mol. The van der Waals surface area contributed by atoms with Gasteiger partial charge in [-0.3, -0.25) is 9.59 Å². The molecule has 7 aromatic rings. The van der Waals surface area contributed by atoms with Crippen LogP contribution in [0, 0.1) is 0 Å². The Balaban J connectivity index is 1.57. The first-order chi connectivity index (χ1) is 18.6. The highest BCUT2D eigenvalue weighted by atomic mass is 35.5. The molecule has 0 N–H and O–H groups in total. The predicted molar refractivity (Wildman–Crippen MR) is 155 cm³/mol. The van der Waals surface area contributed by atoms with Crippen molar-refractivity contribution < 1.29 is 9.59 Å². The first kappa shape index (κ1) is 20.8. The van der Waals surface area contributed by atoms with Gasteiger partial charge in [0.25, 0.3) is 0 Å². The molecular weight excluding hydrogens is 511 g/mol. The van der Waals surface area contributed by atoms with E-state index in [1.807, 2.05) is 72.8 Å². The molecule has 2 aliphatic rings. The molecule has 0 aromatic heterocycles. The number of carbonyl (C=O) groups is 2. The molecule has 0 radical (unpaired) electrons. The summed E-state index contributed by atoms with van der Waals surface area (Å²) in [5.41, 5.74) is 6.27. The van der Waals surface area contributed by atoms with E-state index in [2.05, 4.69) is 12.1 Å². The molecule has 0 heterocycles. The van der Waals surface area contributed by atoms with Gasteiger partial charge in [0.1, 0.15) is 0 Å². The minimum absolute atomic E-state index is 0.0118. The molecule has 0 unspecified atom stereocenters. The molecule has 0 amide bonds. The molecule has 7 aromatic carbocycles. The van der Waals surface area contributed by atoms with Gasteiger partial charge in [0.05, 0.1) is 10.0 Å². The lowest BCUT2D eigenvalue weighted by atomic mass is 9.76. The lowest BCUT2D eigenvalue weighted by Gasteiger charge is -2.27. The predicted octanol–water partition coefficient (Wildman–Crippen LogP) is 9.47. The van der Waals surface area contributed by atoms with E-state index in [1.54, 1.807) is 0 Å². The molecule has 0 saturated heterocycles. The van der Waals surface area contributed by atoms with Crippen LogP contribution in [0.15, 0.2) is 84.9 Å². The number of ketones is 2. The van der Waals surface area contributed by atoms with Gasteiger partial charge in [0.2, 0.25) is 0 Å². The van der Waals surface area contributed by atoms with E-state index >= 15 is 0 Å². The fraction of sp³-hybridized carbons (Fsp3) is 0. The smallest absolute Gasteiger partial charge is 0.194 e. The van der Waals surface area contributed by atoms with Gasteiger partial charge < -0.3 is 0 Å². The molecule has 176 valence electrons. The molecular formula is C34H14Cl2O2. The van der Waals surface area contributed by atoms with Crippen LogP contribution in [0.4, 0.5) is 0 Å². The standard InChI is InChI=1S/C34H14Cl2O2/c35-31-29-16-6-2-4-8-21(16)34(38)24-14-11-19-18-10-13-23-26-17(15-5-1-3-7-20(15)33(23)37)9-12-22(25(18)26)30(32(31)36)27(19)28(24)29/h1-14H. The van der Waals surface area contributed by atoms with Crippen LogP contribution in [0.1, 0.15) is 31.8 Å². The number of hydrogen-bond acceptors (Lipinski definition) is 2. The van der Waals surface area contributed by atoms with E-state index in [1.165, 1.54) is 0 Å². The number of halogens is 2. The van der Waals surface area contributed by atoms with Crippen molar-refractivity contribution in [1.82, 2.24) is 0 Å². The molecule has 2 aliphatic carbocycles. The van der Waals surface area contributed by atoms with Crippen LogP contribution in [0.5, 0.6) is 0 Å². The van der Waals surface area contributed by atoms with Gasteiger partial charge in [0, 0.05) is 49.4 Å². The Morgan fingerprint density at radius 2 is 0.895 bits per heavy atom. The van der Waals surface area contributed by atoms with E-state index in [-0.39, 0.29) is 11.6 Å². The Labute approximate surface area is 226 Å². The van der Waals surface area contributed by atoms with Crippen molar-refractivity contribution in [3.05, 3.63) is 117 Å². The van der Waals surface area contributed by atoms with Crippen LogP contribution in [0.2, 0.25) is 10.0 Å². The fourth-order valence-electron chi connectivity index (χ4n) is 6.93. The van der Waals surface area contributed by atoms with E-state index in [0.717, 1.165) is 70.9 Å². The van der Waals surface area contributed by atoms with Crippen molar-refractivity contribution in [2.24, 2.45) is 0 Å². The van der Waals surface area contributed by atoms with Crippen molar-refractivity contribution in [2.45, 2.75) is 0 Å². The largest absolute Gasteiger partial charge is 0.289 e. The minimum atomic E-state index is -0.0118. The Kier molecular flexibility index (Phi) is 3.71. The maximum absolute atomic E-state index is 13.6. The minimum Gasteiger partial charge on any atom is -0.289 e. The van der Waals surface area contributed by atoms with Gasteiger partial charge in [-0.1, -0.05) is 96.0 Å². The second kappa shape index (κ2) is 6.79. The van der Waals surface area contributed by atoms with E-state index in [9.17, 15) is 9.59 Å². The number of hydrogen-bond donors (Lipinski definition) is 0. The second-order valence-corrected chi connectivity index (χ2v) is 10.9. The maximum Gasteiger partial charge on any atom is 0.194 e. The normalized spacial score (nSPS) is 13.6. The Morgan fingerprint density at radius 3 is 1.61 bits per heavy atom. The zero-order chi connectivity index (χ0) is 25.4. The van der Waals surface area contributed by atoms with Gasteiger partial charge in [-0.25, -0.2) is 0 Å². The van der Waals surface area contributed by atoms with E-state index < -0.39 is 0 Å². The summed E-state index contributed by atoms with van der Waals surface area (Å²) in [6.45, 7) is 0. The molecule has 0 saturated carbocycles. The molecule has 9 rings (SSSR count). The zero-order valence-corrected chi connectivity index (χ0v) is 21.2. The topological polar surface area (TPSA) is 34.1 Å². The molecule has 4 heteroatoms. The third-order valence-electron chi connectivity index (χ3n) is 8.45. The number of benzene rings is 7. The van der Waals surface area contributed by atoms with Crippen molar-refractivity contribution in [3.8, 4) is 22.3 Å². The molecule has 0 aliphatic heterocycles. The highest BCUT2D eigenvalue weighted by Gasteiger charge is 2.33. The highest BCUT2D eigenvalue weighted by molar-refractivity contribution is 6.54. The lowest BCUT2D eigenvalue weighted by molar-refractivity contribution is 0.103. The molecule has 0 bridgehead atoms. The Bertz CT molecular complexity index is 2290. The van der Waals surface area contributed by atoms with Gasteiger partial charge in [0.15, 0.2) is 11.6 Å². The van der Waals surface area contributed by atoms with Crippen LogP contribution < -0.4 is 0 Å². The van der Waals surface area contributed by atoms with Crippen LogP contribution >= 0.6 is 23.2 Å². The highest BCUT2D eigenvalue weighted by Crippen LogP contribution is 2.54. The van der Waals surface area contributed by atoms with E-state index in [4.69, 9.17) is 23.2 Å². The summed E-state index contributed by atoms with van der Waals surface area (Å²) in [6.07, 6.45) is 0. The quantitative estimate of drug-likeness (QED) is 0.146.